The zero-order valence-electron chi connectivity index (χ0n) is 17.2. The average Bonchev–Trinajstić information content (AvgIpc) is 2.62. The van der Waals surface area contributed by atoms with E-state index in [0.717, 1.165) is 11.1 Å². The van der Waals surface area contributed by atoms with Crippen LogP contribution in [0, 0.1) is 6.92 Å². The van der Waals surface area contributed by atoms with Crippen molar-refractivity contribution >= 4 is 11.8 Å². The molecule has 4 heteroatoms. The van der Waals surface area contributed by atoms with Gasteiger partial charge in [0.2, 0.25) is 5.91 Å². The van der Waals surface area contributed by atoms with Crippen molar-refractivity contribution in [2.75, 3.05) is 7.05 Å². The van der Waals surface area contributed by atoms with Crippen molar-refractivity contribution in [3.63, 3.8) is 0 Å². The molecule has 0 aliphatic carbocycles. The molecule has 0 aliphatic heterocycles. The van der Waals surface area contributed by atoms with Crippen LogP contribution >= 0.6 is 0 Å². The number of nitrogens with zero attached hydrogens (tertiary/aromatic N) is 1. The molecule has 0 aromatic heterocycles. The molecule has 1 N–H and O–H groups in total. The van der Waals surface area contributed by atoms with Gasteiger partial charge in [-0.25, -0.2) is 0 Å². The van der Waals surface area contributed by atoms with E-state index in [1.54, 1.807) is 18.9 Å². The summed E-state index contributed by atoms with van der Waals surface area (Å²) in [5.41, 5.74) is 4.01. The van der Waals surface area contributed by atoms with E-state index in [4.69, 9.17) is 0 Å². The van der Waals surface area contributed by atoms with Gasteiger partial charge in [-0.15, -0.1) is 0 Å². The van der Waals surface area contributed by atoms with E-state index in [0.29, 0.717) is 12.1 Å². The second kappa shape index (κ2) is 8.38. The van der Waals surface area contributed by atoms with Gasteiger partial charge in [0.1, 0.15) is 6.04 Å². The summed E-state index contributed by atoms with van der Waals surface area (Å²) in [4.78, 5) is 26.7. The fourth-order valence-corrected chi connectivity index (χ4v) is 2.91. The molecule has 0 aliphatic rings. The van der Waals surface area contributed by atoms with Crippen LogP contribution < -0.4 is 5.32 Å². The fraction of sp³-hybridized carbons (Fsp3) is 0.391. The third-order valence-corrected chi connectivity index (χ3v) is 4.78. The SMILES string of the molecule is Cc1ccccc1CN(C)C(=O)[C@H](C)NC(=O)c1ccc(C(C)(C)C)cc1. The molecule has 0 spiro atoms. The van der Waals surface area contributed by atoms with Gasteiger partial charge in [0.25, 0.3) is 5.91 Å². The molecule has 144 valence electrons. The summed E-state index contributed by atoms with van der Waals surface area (Å²) in [6.07, 6.45) is 0. The number of carbonyl (C=O) groups excluding carboxylic acids is 2. The van der Waals surface area contributed by atoms with Crippen molar-refractivity contribution in [1.82, 2.24) is 10.2 Å². The number of carbonyl (C=O) groups is 2. The summed E-state index contributed by atoms with van der Waals surface area (Å²) in [5.74, 6) is -0.349. The average molecular weight is 367 g/mol. The molecular formula is C23H30N2O2. The number of nitrogens with one attached hydrogen (secondary N) is 1. The maximum absolute atomic E-state index is 12.6. The van der Waals surface area contributed by atoms with Crippen molar-refractivity contribution in [2.45, 2.75) is 52.6 Å². The summed E-state index contributed by atoms with van der Waals surface area (Å²) in [7, 11) is 1.76. The Bertz CT molecular complexity index is 804. The molecule has 1 atom stereocenters. The predicted molar refractivity (Wildman–Crippen MR) is 110 cm³/mol. The lowest BCUT2D eigenvalue weighted by Crippen LogP contribution is -2.45. The van der Waals surface area contributed by atoms with Gasteiger partial charge in [0, 0.05) is 19.2 Å². The highest BCUT2D eigenvalue weighted by molar-refractivity contribution is 5.97. The molecular weight excluding hydrogens is 336 g/mol. The molecule has 0 heterocycles. The van der Waals surface area contributed by atoms with Crippen molar-refractivity contribution in [2.24, 2.45) is 0 Å². The van der Waals surface area contributed by atoms with Crippen molar-refractivity contribution in [1.29, 1.82) is 0 Å². The molecule has 2 amide bonds. The minimum atomic E-state index is -0.589. The molecule has 2 aromatic carbocycles. The summed E-state index contributed by atoms with van der Waals surface area (Å²) in [6.45, 7) is 10.7. The highest BCUT2D eigenvalue weighted by Crippen LogP contribution is 2.22. The first-order chi connectivity index (χ1) is 12.6. The van der Waals surface area contributed by atoms with E-state index in [1.165, 1.54) is 5.56 Å². The van der Waals surface area contributed by atoms with E-state index in [9.17, 15) is 9.59 Å². The maximum Gasteiger partial charge on any atom is 0.251 e. The Morgan fingerprint density at radius 1 is 1.04 bits per heavy atom. The Labute approximate surface area is 162 Å². The van der Waals surface area contributed by atoms with Crippen LogP contribution in [0.1, 0.15) is 54.7 Å². The summed E-state index contributed by atoms with van der Waals surface area (Å²) >= 11 is 0. The Balaban J connectivity index is 1.98. The first-order valence-electron chi connectivity index (χ1n) is 9.30. The van der Waals surface area contributed by atoms with E-state index < -0.39 is 6.04 Å². The summed E-state index contributed by atoms with van der Waals surface area (Å²) < 4.78 is 0. The monoisotopic (exact) mass is 366 g/mol. The number of hydrogen-bond donors (Lipinski definition) is 1. The minimum absolute atomic E-state index is 0.0382. The topological polar surface area (TPSA) is 49.4 Å². The van der Waals surface area contributed by atoms with Crippen LogP contribution in [0.2, 0.25) is 0 Å². The quantitative estimate of drug-likeness (QED) is 0.867. The Hall–Kier alpha value is -2.62. The lowest BCUT2D eigenvalue weighted by molar-refractivity contribution is -0.132. The smallest absolute Gasteiger partial charge is 0.251 e. The zero-order chi connectivity index (χ0) is 20.2. The fourth-order valence-electron chi connectivity index (χ4n) is 2.91. The van der Waals surface area contributed by atoms with Crippen LogP contribution in [0.5, 0.6) is 0 Å². The lowest BCUT2D eigenvalue weighted by atomic mass is 9.86. The second-order valence-corrected chi connectivity index (χ2v) is 8.14. The Kier molecular flexibility index (Phi) is 6.42. The lowest BCUT2D eigenvalue weighted by Gasteiger charge is -2.23. The van der Waals surface area contributed by atoms with Gasteiger partial charge in [0.05, 0.1) is 0 Å². The van der Waals surface area contributed by atoms with Crippen LogP contribution in [0.4, 0.5) is 0 Å². The standard InChI is InChI=1S/C23H30N2O2/c1-16-9-7-8-10-19(16)15-25(6)22(27)17(2)24-21(26)18-11-13-20(14-12-18)23(3,4)5/h7-14,17H,15H2,1-6H3,(H,24,26)/t17-/m0/s1. The Morgan fingerprint density at radius 2 is 1.63 bits per heavy atom. The molecule has 27 heavy (non-hydrogen) atoms. The number of hydrogen-bond acceptors (Lipinski definition) is 2. The van der Waals surface area contributed by atoms with Crippen LogP contribution in [0.25, 0.3) is 0 Å². The van der Waals surface area contributed by atoms with Crippen molar-refractivity contribution in [3.8, 4) is 0 Å². The third-order valence-electron chi connectivity index (χ3n) is 4.78. The van der Waals surface area contributed by atoms with Gasteiger partial charge in [0.15, 0.2) is 0 Å². The molecule has 0 saturated carbocycles. The highest BCUT2D eigenvalue weighted by atomic mass is 16.2. The van der Waals surface area contributed by atoms with Crippen LogP contribution in [0.15, 0.2) is 48.5 Å². The summed E-state index contributed by atoms with van der Waals surface area (Å²) in [5, 5.41) is 2.81. The number of likely N-dealkylation sites (N-methyl/N-ethyl adjacent to an activating group) is 1. The van der Waals surface area contributed by atoms with Gasteiger partial charge in [-0.05, 0) is 48.1 Å². The largest absolute Gasteiger partial charge is 0.341 e. The number of benzene rings is 2. The zero-order valence-corrected chi connectivity index (χ0v) is 17.2. The van der Waals surface area contributed by atoms with Gasteiger partial charge in [-0.2, -0.15) is 0 Å². The summed E-state index contributed by atoms with van der Waals surface area (Å²) in [6, 6.07) is 14.9. The molecule has 0 bridgehead atoms. The van der Waals surface area contributed by atoms with Gasteiger partial charge < -0.3 is 10.2 Å². The van der Waals surface area contributed by atoms with Gasteiger partial charge >= 0.3 is 0 Å². The molecule has 0 saturated heterocycles. The maximum atomic E-state index is 12.6. The molecule has 0 radical (unpaired) electrons. The van der Waals surface area contributed by atoms with E-state index in [2.05, 4.69) is 26.1 Å². The Morgan fingerprint density at radius 3 is 2.19 bits per heavy atom. The molecule has 0 unspecified atom stereocenters. The minimum Gasteiger partial charge on any atom is -0.341 e. The molecule has 2 rings (SSSR count). The normalized spacial score (nSPS) is 12.4. The highest BCUT2D eigenvalue weighted by Gasteiger charge is 2.21. The number of amides is 2. The second-order valence-electron chi connectivity index (χ2n) is 8.14. The van der Waals surface area contributed by atoms with E-state index in [-0.39, 0.29) is 17.2 Å². The number of rotatable bonds is 5. The van der Waals surface area contributed by atoms with Gasteiger partial charge in [-0.1, -0.05) is 57.2 Å². The van der Waals surface area contributed by atoms with E-state index in [1.807, 2.05) is 55.5 Å². The van der Waals surface area contributed by atoms with Crippen molar-refractivity contribution in [3.05, 3.63) is 70.8 Å². The van der Waals surface area contributed by atoms with E-state index >= 15 is 0 Å². The molecule has 2 aromatic rings. The number of aryl methyl sites for hydroxylation is 1. The molecule has 0 fully saturated rings. The predicted octanol–water partition coefficient (Wildman–Crippen LogP) is 4.07. The van der Waals surface area contributed by atoms with Crippen molar-refractivity contribution < 1.29 is 9.59 Å². The first-order valence-corrected chi connectivity index (χ1v) is 9.30. The van der Waals surface area contributed by atoms with Crippen LogP contribution in [-0.2, 0) is 16.8 Å². The van der Waals surface area contributed by atoms with Gasteiger partial charge in [-0.3, -0.25) is 9.59 Å². The van der Waals surface area contributed by atoms with Crippen LogP contribution in [0.3, 0.4) is 0 Å². The van der Waals surface area contributed by atoms with Crippen LogP contribution in [-0.4, -0.2) is 29.8 Å². The first kappa shape index (κ1) is 20.7. The third kappa shape index (κ3) is 5.43. The molecule has 4 nitrogen and oxygen atoms in total.